The monoisotopic (exact) mass is 390 g/mol. The zero-order valence-electron chi connectivity index (χ0n) is 13.9. The minimum Gasteiger partial charge on any atom is -0.497 e. The van der Waals surface area contributed by atoms with Crippen molar-refractivity contribution in [2.75, 3.05) is 13.7 Å². The third-order valence-electron chi connectivity index (χ3n) is 3.99. The van der Waals surface area contributed by atoms with Crippen molar-refractivity contribution in [3.63, 3.8) is 0 Å². The highest BCUT2D eigenvalue weighted by molar-refractivity contribution is 6.42. The van der Waals surface area contributed by atoms with Crippen LogP contribution in [0.4, 0.5) is 0 Å². The number of hydrogen-bond donors (Lipinski definition) is 2. The third-order valence-corrected chi connectivity index (χ3v) is 4.73. The van der Waals surface area contributed by atoms with E-state index in [1.807, 2.05) is 18.2 Å². The largest absolute Gasteiger partial charge is 0.497 e. The molecule has 0 aliphatic heterocycles. The molecule has 0 unspecified atom stereocenters. The molecule has 0 aliphatic rings. The second-order valence-electron chi connectivity index (χ2n) is 5.71. The van der Waals surface area contributed by atoms with Crippen LogP contribution < -0.4 is 15.6 Å². The number of hydrogen-bond acceptors (Lipinski definition) is 3. The van der Waals surface area contributed by atoms with Gasteiger partial charge in [0.25, 0.3) is 11.5 Å². The maximum Gasteiger partial charge on any atom is 0.251 e. The van der Waals surface area contributed by atoms with Gasteiger partial charge in [-0.15, -0.1) is 0 Å². The van der Waals surface area contributed by atoms with E-state index in [1.54, 1.807) is 25.3 Å². The van der Waals surface area contributed by atoms with Crippen molar-refractivity contribution in [2.45, 2.75) is 6.42 Å². The van der Waals surface area contributed by atoms with Gasteiger partial charge in [-0.1, -0.05) is 23.2 Å². The second-order valence-corrected chi connectivity index (χ2v) is 6.53. The zero-order chi connectivity index (χ0) is 18.7. The van der Waals surface area contributed by atoms with Crippen LogP contribution in [0.25, 0.3) is 10.9 Å². The lowest BCUT2D eigenvalue weighted by molar-refractivity contribution is 0.0954. The van der Waals surface area contributed by atoms with Gasteiger partial charge in [0.2, 0.25) is 0 Å². The lowest BCUT2D eigenvalue weighted by atomic mass is 10.1. The minimum atomic E-state index is -0.273. The van der Waals surface area contributed by atoms with Gasteiger partial charge in [-0.05, 0) is 48.2 Å². The van der Waals surface area contributed by atoms with Crippen LogP contribution in [0.5, 0.6) is 5.75 Å². The van der Waals surface area contributed by atoms with Gasteiger partial charge in [0.15, 0.2) is 0 Å². The van der Waals surface area contributed by atoms with Crippen LogP contribution in [0.3, 0.4) is 0 Å². The van der Waals surface area contributed by atoms with Gasteiger partial charge in [-0.2, -0.15) is 0 Å². The number of carbonyl (C=O) groups is 1. The summed E-state index contributed by atoms with van der Waals surface area (Å²) in [6, 6.07) is 12.0. The molecule has 0 spiro atoms. The number of fused-ring (bicyclic) bond motifs is 1. The Hall–Kier alpha value is -2.50. The van der Waals surface area contributed by atoms with E-state index in [1.165, 1.54) is 6.07 Å². The maximum absolute atomic E-state index is 12.2. The van der Waals surface area contributed by atoms with Crippen molar-refractivity contribution < 1.29 is 9.53 Å². The number of methoxy groups -OCH3 is 1. The molecule has 1 aromatic heterocycles. The topological polar surface area (TPSA) is 71.2 Å². The number of carbonyl (C=O) groups excluding carboxylic acids is 1. The Kier molecular flexibility index (Phi) is 5.49. The van der Waals surface area contributed by atoms with E-state index in [9.17, 15) is 9.59 Å². The van der Waals surface area contributed by atoms with Gasteiger partial charge < -0.3 is 15.0 Å². The van der Waals surface area contributed by atoms with Crippen molar-refractivity contribution in [1.29, 1.82) is 0 Å². The molecule has 3 aromatic rings. The molecule has 26 heavy (non-hydrogen) atoms. The molecule has 2 aromatic carbocycles. The number of halogens is 2. The molecule has 134 valence electrons. The molecule has 7 heteroatoms. The number of ether oxygens (including phenoxy) is 1. The highest BCUT2D eigenvalue weighted by atomic mass is 35.5. The van der Waals surface area contributed by atoms with Crippen LogP contribution in [0, 0.1) is 0 Å². The number of H-pyrrole nitrogens is 1. The Balaban J connectivity index is 1.69. The number of benzene rings is 2. The molecule has 5 nitrogen and oxygen atoms in total. The summed E-state index contributed by atoms with van der Waals surface area (Å²) in [5.41, 5.74) is 1.53. The van der Waals surface area contributed by atoms with Crippen molar-refractivity contribution in [3.05, 3.63) is 74.0 Å². The molecule has 0 saturated carbocycles. The highest BCUT2D eigenvalue weighted by Gasteiger charge is 2.09. The first-order valence-corrected chi connectivity index (χ1v) is 8.67. The van der Waals surface area contributed by atoms with E-state index in [2.05, 4.69) is 10.3 Å². The summed E-state index contributed by atoms with van der Waals surface area (Å²) in [6.45, 7) is 0.323. The molecule has 0 saturated heterocycles. The van der Waals surface area contributed by atoms with Crippen LogP contribution >= 0.6 is 23.2 Å². The van der Waals surface area contributed by atoms with E-state index in [0.717, 1.165) is 5.39 Å². The van der Waals surface area contributed by atoms with Crippen LogP contribution in [-0.4, -0.2) is 24.5 Å². The Morgan fingerprint density at radius 1 is 1.12 bits per heavy atom. The molecule has 0 aliphatic carbocycles. The molecular formula is C19H16Cl2N2O3. The lowest BCUT2D eigenvalue weighted by Gasteiger charge is -2.07. The number of amides is 1. The summed E-state index contributed by atoms with van der Waals surface area (Å²) in [5, 5.41) is 4.38. The summed E-state index contributed by atoms with van der Waals surface area (Å²) >= 11 is 11.8. The highest BCUT2D eigenvalue weighted by Crippen LogP contribution is 2.22. The summed E-state index contributed by atoms with van der Waals surface area (Å²) in [7, 11) is 1.57. The van der Waals surface area contributed by atoms with E-state index in [4.69, 9.17) is 27.9 Å². The predicted molar refractivity (Wildman–Crippen MR) is 104 cm³/mol. The molecule has 1 heterocycles. The van der Waals surface area contributed by atoms with Crippen LogP contribution in [-0.2, 0) is 6.42 Å². The van der Waals surface area contributed by atoms with Crippen molar-refractivity contribution in [1.82, 2.24) is 10.3 Å². The van der Waals surface area contributed by atoms with Crippen molar-refractivity contribution in [3.8, 4) is 5.75 Å². The standard InChI is InChI=1S/C19H16Cl2N2O3/c1-26-14-4-2-11-8-13(19(25)23-17(11)10-14)6-7-22-18(24)12-3-5-15(20)16(21)9-12/h2-5,8-10H,6-7H2,1H3,(H,22,24)(H,23,25). The van der Waals surface area contributed by atoms with E-state index in [0.29, 0.717) is 45.4 Å². The Morgan fingerprint density at radius 2 is 1.92 bits per heavy atom. The SMILES string of the molecule is COc1ccc2cc(CCNC(=O)c3ccc(Cl)c(Cl)c3)c(=O)[nH]c2c1. The number of aromatic nitrogens is 1. The van der Waals surface area contributed by atoms with E-state index >= 15 is 0 Å². The summed E-state index contributed by atoms with van der Waals surface area (Å²) in [4.78, 5) is 27.2. The van der Waals surface area contributed by atoms with Gasteiger partial charge in [0, 0.05) is 23.7 Å². The first kappa shape index (κ1) is 18.3. The van der Waals surface area contributed by atoms with Crippen LogP contribution in [0.2, 0.25) is 10.0 Å². The smallest absolute Gasteiger partial charge is 0.251 e. The number of rotatable bonds is 5. The summed E-state index contributed by atoms with van der Waals surface area (Å²) in [5.74, 6) is 0.403. The van der Waals surface area contributed by atoms with Gasteiger partial charge in [-0.25, -0.2) is 0 Å². The molecule has 2 N–H and O–H groups in total. The Bertz CT molecular complexity index is 1030. The van der Waals surface area contributed by atoms with Gasteiger partial charge in [0.1, 0.15) is 5.75 Å². The molecule has 3 rings (SSSR count). The molecule has 0 fully saturated rings. The van der Waals surface area contributed by atoms with Crippen molar-refractivity contribution in [2.24, 2.45) is 0 Å². The fraction of sp³-hybridized carbons (Fsp3) is 0.158. The Labute approximate surface area is 159 Å². The molecule has 1 amide bonds. The quantitative estimate of drug-likeness (QED) is 0.695. The minimum absolute atomic E-state index is 0.186. The van der Waals surface area contributed by atoms with E-state index in [-0.39, 0.29) is 11.5 Å². The van der Waals surface area contributed by atoms with Crippen LogP contribution in [0.15, 0.2) is 47.3 Å². The van der Waals surface area contributed by atoms with Gasteiger partial charge in [0.05, 0.1) is 22.7 Å². The number of aromatic amines is 1. The summed E-state index contributed by atoms with van der Waals surface area (Å²) < 4.78 is 5.15. The zero-order valence-corrected chi connectivity index (χ0v) is 15.4. The average molecular weight is 391 g/mol. The Morgan fingerprint density at radius 3 is 2.65 bits per heavy atom. The molecular weight excluding hydrogens is 375 g/mol. The predicted octanol–water partition coefficient (Wildman–Crippen LogP) is 3.82. The van der Waals surface area contributed by atoms with E-state index < -0.39 is 0 Å². The first-order chi connectivity index (χ1) is 12.5. The number of pyridine rings is 1. The average Bonchev–Trinajstić information content (AvgIpc) is 2.63. The van der Waals surface area contributed by atoms with Crippen LogP contribution in [0.1, 0.15) is 15.9 Å². The van der Waals surface area contributed by atoms with Gasteiger partial charge >= 0.3 is 0 Å². The first-order valence-electron chi connectivity index (χ1n) is 7.91. The van der Waals surface area contributed by atoms with Crippen molar-refractivity contribution >= 4 is 40.0 Å². The maximum atomic E-state index is 12.2. The fourth-order valence-corrected chi connectivity index (χ4v) is 2.89. The normalized spacial score (nSPS) is 10.7. The fourth-order valence-electron chi connectivity index (χ4n) is 2.59. The van der Waals surface area contributed by atoms with Gasteiger partial charge in [-0.3, -0.25) is 9.59 Å². The third kappa shape index (κ3) is 4.00. The lowest BCUT2D eigenvalue weighted by Crippen LogP contribution is -2.27. The summed E-state index contributed by atoms with van der Waals surface area (Å²) in [6.07, 6.45) is 0.407. The molecule has 0 atom stereocenters. The molecule has 0 radical (unpaired) electrons. The number of nitrogens with one attached hydrogen (secondary N) is 2. The second kappa shape index (κ2) is 7.81. The molecule has 0 bridgehead atoms.